The Balaban J connectivity index is 1.52. The molecule has 0 bridgehead atoms. The fraction of sp³-hybridized carbons (Fsp3) is 0.611. The van der Waals surface area contributed by atoms with Crippen LogP contribution < -0.4 is 14.8 Å². The number of carbonyl (C=O) groups is 1. The summed E-state index contributed by atoms with van der Waals surface area (Å²) in [5, 5.41) is 3.52. The van der Waals surface area contributed by atoms with Gasteiger partial charge in [0.1, 0.15) is 0 Å². The number of fused-ring (bicyclic) bond motifs is 1. The zero-order valence-electron chi connectivity index (χ0n) is 13.4. The number of nitrogens with one attached hydrogen (secondary N) is 1. The van der Waals surface area contributed by atoms with Gasteiger partial charge in [0.15, 0.2) is 11.5 Å². The van der Waals surface area contributed by atoms with Crippen LogP contribution in [0, 0.1) is 5.92 Å². The van der Waals surface area contributed by atoms with Crippen LogP contribution in [0.5, 0.6) is 11.5 Å². The molecular formula is C18H24ClNO3. The van der Waals surface area contributed by atoms with Crippen molar-refractivity contribution >= 4 is 17.5 Å². The van der Waals surface area contributed by atoms with Gasteiger partial charge in [-0.3, -0.25) is 4.79 Å². The van der Waals surface area contributed by atoms with Crippen molar-refractivity contribution in [3.05, 3.63) is 22.7 Å². The van der Waals surface area contributed by atoms with Crippen LogP contribution in [0.2, 0.25) is 5.02 Å². The molecule has 1 saturated carbocycles. The lowest BCUT2D eigenvalue weighted by Gasteiger charge is -2.13. The Morgan fingerprint density at radius 1 is 1.17 bits per heavy atom. The summed E-state index contributed by atoms with van der Waals surface area (Å²) in [6.07, 6.45) is 7.68. The summed E-state index contributed by atoms with van der Waals surface area (Å²) >= 11 is 6.26. The molecule has 1 aromatic rings. The number of hydrogen-bond donors (Lipinski definition) is 1. The molecule has 23 heavy (non-hydrogen) atoms. The Morgan fingerprint density at radius 3 is 2.78 bits per heavy atom. The van der Waals surface area contributed by atoms with E-state index in [9.17, 15) is 4.79 Å². The van der Waals surface area contributed by atoms with Crippen LogP contribution in [0.4, 0.5) is 0 Å². The van der Waals surface area contributed by atoms with E-state index < -0.39 is 0 Å². The topological polar surface area (TPSA) is 47.6 Å². The highest BCUT2D eigenvalue weighted by molar-refractivity contribution is 6.32. The number of halogens is 1. The van der Waals surface area contributed by atoms with Gasteiger partial charge in [-0.15, -0.1) is 0 Å². The second kappa shape index (κ2) is 7.91. The van der Waals surface area contributed by atoms with Gasteiger partial charge in [0.05, 0.1) is 18.2 Å². The van der Waals surface area contributed by atoms with Crippen molar-refractivity contribution in [3.8, 4) is 11.5 Å². The minimum absolute atomic E-state index is 0.111. The summed E-state index contributed by atoms with van der Waals surface area (Å²) in [6.45, 7) is 1.71. The predicted octanol–water partition coefficient (Wildman–Crippen LogP) is 4.09. The summed E-state index contributed by atoms with van der Waals surface area (Å²) < 4.78 is 11.3. The molecule has 1 fully saturated rings. The van der Waals surface area contributed by atoms with Gasteiger partial charge in [0.25, 0.3) is 0 Å². The molecule has 0 radical (unpaired) electrons. The monoisotopic (exact) mass is 337 g/mol. The molecule has 1 aromatic carbocycles. The lowest BCUT2D eigenvalue weighted by Crippen LogP contribution is -2.23. The van der Waals surface area contributed by atoms with Crippen LogP contribution in [0.15, 0.2) is 12.1 Å². The van der Waals surface area contributed by atoms with Gasteiger partial charge < -0.3 is 14.8 Å². The maximum absolute atomic E-state index is 12.0. The molecule has 3 rings (SSSR count). The van der Waals surface area contributed by atoms with E-state index >= 15 is 0 Å². The van der Waals surface area contributed by atoms with Crippen LogP contribution in [-0.2, 0) is 11.3 Å². The average Bonchev–Trinajstić information content (AvgIpc) is 2.95. The highest BCUT2D eigenvalue weighted by Gasteiger charge is 2.17. The third-order valence-corrected chi connectivity index (χ3v) is 4.89. The SMILES string of the molecule is O=C(CCC1CCCC1)NCc1cc(Cl)c2c(c1)OCCCO2. The van der Waals surface area contributed by atoms with E-state index in [2.05, 4.69) is 5.32 Å². The van der Waals surface area contributed by atoms with Crippen LogP contribution in [-0.4, -0.2) is 19.1 Å². The molecule has 1 aliphatic carbocycles. The number of ether oxygens (including phenoxy) is 2. The molecule has 1 N–H and O–H groups in total. The molecule has 126 valence electrons. The van der Waals surface area contributed by atoms with Gasteiger partial charge in [0, 0.05) is 19.4 Å². The van der Waals surface area contributed by atoms with Gasteiger partial charge in [-0.1, -0.05) is 37.3 Å². The third-order valence-electron chi connectivity index (χ3n) is 4.61. The zero-order chi connectivity index (χ0) is 16.1. The maximum atomic E-state index is 12.0. The molecule has 5 heteroatoms. The first-order valence-electron chi connectivity index (χ1n) is 8.57. The minimum Gasteiger partial charge on any atom is -0.489 e. The molecule has 4 nitrogen and oxygen atoms in total. The summed E-state index contributed by atoms with van der Waals surface area (Å²) in [6, 6.07) is 3.75. The molecule has 0 atom stereocenters. The van der Waals surface area contributed by atoms with Crippen molar-refractivity contribution in [2.24, 2.45) is 5.92 Å². The van der Waals surface area contributed by atoms with Gasteiger partial charge in [-0.05, 0) is 30.0 Å². The van der Waals surface area contributed by atoms with Gasteiger partial charge in [-0.2, -0.15) is 0 Å². The van der Waals surface area contributed by atoms with E-state index in [1.165, 1.54) is 25.7 Å². The minimum atomic E-state index is 0.111. The summed E-state index contributed by atoms with van der Waals surface area (Å²) in [5.41, 5.74) is 0.938. The largest absolute Gasteiger partial charge is 0.489 e. The molecule has 0 spiro atoms. The fourth-order valence-corrected chi connectivity index (χ4v) is 3.60. The molecular weight excluding hydrogens is 314 g/mol. The van der Waals surface area contributed by atoms with E-state index in [0.29, 0.717) is 42.7 Å². The molecule has 2 aliphatic rings. The first-order valence-corrected chi connectivity index (χ1v) is 8.95. The normalized spacial score (nSPS) is 17.8. The second-order valence-electron chi connectivity index (χ2n) is 6.42. The van der Waals surface area contributed by atoms with Crippen molar-refractivity contribution in [2.75, 3.05) is 13.2 Å². The van der Waals surface area contributed by atoms with E-state index in [-0.39, 0.29) is 5.91 Å². The van der Waals surface area contributed by atoms with Crippen LogP contribution in [0.3, 0.4) is 0 Å². The fourth-order valence-electron chi connectivity index (χ4n) is 3.31. The number of benzene rings is 1. The molecule has 0 aromatic heterocycles. The highest BCUT2D eigenvalue weighted by atomic mass is 35.5. The van der Waals surface area contributed by atoms with Crippen LogP contribution in [0.1, 0.15) is 50.5 Å². The van der Waals surface area contributed by atoms with Crippen molar-refractivity contribution in [1.82, 2.24) is 5.32 Å². The number of rotatable bonds is 5. The standard InChI is InChI=1S/C18H24ClNO3/c19-15-10-14(11-16-18(15)23-9-3-8-22-16)12-20-17(21)7-6-13-4-1-2-5-13/h10-11,13H,1-9,12H2,(H,20,21). The summed E-state index contributed by atoms with van der Waals surface area (Å²) in [4.78, 5) is 12.0. The Morgan fingerprint density at radius 2 is 1.96 bits per heavy atom. The van der Waals surface area contributed by atoms with Crippen LogP contribution >= 0.6 is 11.6 Å². The van der Waals surface area contributed by atoms with Gasteiger partial charge in [0.2, 0.25) is 5.91 Å². The molecule has 0 unspecified atom stereocenters. The Hall–Kier alpha value is -1.42. The second-order valence-corrected chi connectivity index (χ2v) is 6.83. The first-order chi connectivity index (χ1) is 11.2. The molecule has 1 aliphatic heterocycles. The molecule has 1 heterocycles. The number of amides is 1. The molecule has 1 amide bonds. The van der Waals surface area contributed by atoms with E-state index in [4.69, 9.17) is 21.1 Å². The van der Waals surface area contributed by atoms with E-state index in [1.807, 2.05) is 12.1 Å². The van der Waals surface area contributed by atoms with Crippen molar-refractivity contribution in [1.29, 1.82) is 0 Å². The summed E-state index contributed by atoms with van der Waals surface area (Å²) in [7, 11) is 0. The lowest BCUT2D eigenvalue weighted by atomic mass is 10.0. The van der Waals surface area contributed by atoms with Crippen molar-refractivity contribution < 1.29 is 14.3 Å². The number of carbonyl (C=O) groups excluding carboxylic acids is 1. The lowest BCUT2D eigenvalue weighted by molar-refractivity contribution is -0.121. The van der Waals surface area contributed by atoms with Crippen molar-refractivity contribution in [2.45, 2.75) is 51.5 Å². The first kappa shape index (κ1) is 16.4. The quantitative estimate of drug-likeness (QED) is 0.880. The smallest absolute Gasteiger partial charge is 0.220 e. The highest BCUT2D eigenvalue weighted by Crippen LogP contribution is 2.38. The van der Waals surface area contributed by atoms with Gasteiger partial charge >= 0.3 is 0 Å². The van der Waals surface area contributed by atoms with E-state index in [1.54, 1.807) is 0 Å². The summed E-state index contributed by atoms with van der Waals surface area (Å²) in [5.74, 6) is 2.14. The zero-order valence-corrected chi connectivity index (χ0v) is 14.2. The van der Waals surface area contributed by atoms with Crippen LogP contribution in [0.25, 0.3) is 0 Å². The maximum Gasteiger partial charge on any atom is 0.220 e. The average molecular weight is 338 g/mol. The molecule has 0 saturated heterocycles. The predicted molar refractivity (Wildman–Crippen MR) is 90.1 cm³/mol. The van der Waals surface area contributed by atoms with Gasteiger partial charge in [-0.25, -0.2) is 0 Å². The Labute approximate surface area is 142 Å². The number of hydrogen-bond acceptors (Lipinski definition) is 3. The third kappa shape index (κ3) is 4.54. The van der Waals surface area contributed by atoms with Crippen molar-refractivity contribution in [3.63, 3.8) is 0 Å². The Kier molecular flexibility index (Phi) is 5.65. The Bertz CT molecular complexity index is 555. The van der Waals surface area contributed by atoms with E-state index in [0.717, 1.165) is 24.3 Å².